The average molecular weight is 393 g/mol. The summed E-state index contributed by atoms with van der Waals surface area (Å²) in [7, 11) is -2.25. The Labute approximate surface area is 136 Å². The summed E-state index contributed by atoms with van der Waals surface area (Å²) in [5.41, 5.74) is 0.845. The van der Waals surface area contributed by atoms with E-state index in [0.717, 1.165) is 22.2 Å². The molecule has 0 saturated carbocycles. The van der Waals surface area contributed by atoms with Crippen molar-refractivity contribution in [3.8, 4) is 0 Å². The van der Waals surface area contributed by atoms with Crippen molar-refractivity contribution in [2.24, 2.45) is 0 Å². The van der Waals surface area contributed by atoms with E-state index in [2.05, 4.69) is 15.9 Å². The van der Waals surface area contributed by atoms with Crippen LogP contribution in [0, 0.1) is 5.82 Å². The van der Waals surface area contributed by atoms with Crippen molar-refractivity contribution in [1.82, 2.24) is 4.31 Å². The number of hydrogen-bond donors (Lipinski definition) is 0. The van der Waals surface area contributed by atoms with E-state index in [1.165, 1.54) is 17.4 Å². The Morgan fingerprint density at radius 3 is 2.38 bits per heavy atom. The third-order valence-corrected chi connectivity index (χ3v) is 5.54. The largest absolute Gasteiger partial charge is 0.243 e. The molecule has 2 aromatic carbocycles. The highest BCUT2D eigenvalue weighted by Crippen LogP contribution is 2.23. The third kappa shape index (κ3) is 3.83. The maximum Gasteiger partial charge on any atom is 0.243 e. The van der Waals surface area contributed by atoms with Crippen molar-refractivity contribution < 1.29 is 12.8 Å². The second-order valence-electron chi connectivity index (χ2n) is 4.46. The van der Waals surface area contributed by atoms with Gasteiger partial charge in [-0.3, -0.25) is 0 Å². The second kappa shape index (κ2) is 6.44. The summed E-state index contributed by atoms with van der Waals surface area (Å²) in [4.78, 5) is -0.0338. The molecule has 0 saturated heterocycles. The number of sulfonamides is 1. The van der Waals surface area contributed by atoms with E-state index < -0.39 is 15.8 Å². The van der Waals surface area contributed by atoms with Gasteiger partial charge in [-0.25, -0.2) is 12.8 Å². The van der Waals surface area contributed by atoms with Gasteiger partial charge in [-0.15, -0.1) is 0 Å². The molecule has 0 aromatic heterocycles. The van der Waals surface area contributed by atoms with Gasteiger partial charge in [-0.05, 0) is 35.9 Å². The van der Waals surface area contributed by atoms with Crippen molar-refractivity contribution in [1.29, 1.82) is 0 Å². The van der Waals surface area contributed by atoms with Crippen molar-refractivity contribution in [2.75, 3.05) is 7.05 Å². The Balaban J connectivity index is 2.25. The van der Waals surface area contributed by atoms with Gasteiger partial charge in [0.25, 0.3) is 0 Å². The first-order chi connectivity index (χ1) is 9.80. The predicted molar refractivity (Wildman–Crippen MR) is 84.2 cm³/mol. The van der Waals surface area contributed by atoms with E-state index in [1.807, 2.05) is 24.3 Å². The first-order valence-corrected chi connectivity index (χ1v) is 8.57. The lowest BCUT2D eigenvalue weighted by Gasteiger charge is -2.17. The lowest BCUT2D eigenvalue weighted by molar-refractivity contribution is 0.466. The summed E-state index contributed by atoms with van der Waals surface area (Å²) < 4.78 is 40.0. The number of nitrogens with zero attached hydrogens (tertiary/aromatic N) is 1. The quantitative estimate of drug-likeness (QED) is 0.787. The highest BCUT2D eigenvalue weighted by molar-refractivity contribution is 9.10. The Hall–Kier alpha value is -0.950. The standard InChI is InChI=1S/C14H12BrClFNO2S/c1-18(9-10-2-4-11(15)5-3-10)21(19,20)12-6-7-14(17)13(16)8-12/h2-8H,9H2,1H3. The predicted octanol–water partition coefficient (Wildman–Crippen LogP) is 4.06. The van der Waals surface area contributed by atoms with Crippen LogP contribution in [0.25, 0.3) is 0 Å². The van der Waals surface area contributed by atoms with Crippen LogP contribution < -0.4 is 0 Å². The molecule has 2 rings (SSSR count). The summed E-state index contributed by atoms with van der Waals surface area (Å²) in [6.45, 7) is 0.213. The van der Waals surface area contributed by atoms with Gasteiger partial charge >= 0.3 is 0 Å². The van der Waals surface area contributed by atoms with Gasteiger partial charge in [0.05, 0.1) is 9.92 Å². The fourth-order valence-corrected chi connectivity index (χ4v) is 3.44. The Kier molecular flexibility index (Phi) is 5.03. The van der Waals surface area contributed by atoms with Crippen LogP contribution >= 0.6 is 27.5 Å². The molecule has 0 radical (unpaired) electrons. The number of halogens is 3. The average Bonchev–Trinajstić information content (AvgIpc) is 2.44. The molecule has 0 heterocycles. The zero-order valence-corrected chi connectivity index (χ0v) is 14.2. The van der Waals surface area contributed by atoms with E-state index in [0.29, 0.717) is 0 Å². The van der Waals surface area contributed by atoms with Gasteiger partial charge < -0.3 is 0 Å². The minimum absolute atomic E-state index is 0.0338. The summed E-state index contributed by atoms with van der Waals surface area (Å²) >= 11 is 8.96. The van der Waals surface area contributed by atoms with Crippen LogP contribution in [0.1, 0.15) is 5.56 Å². The fraction of sp³-hybridized carbons (Fsp3) is 0.143. The van der Waals surface area contributed by atoms with Gasteiger partial charge in [0.1, 0.15) is 5.82 Å². The highest BCUT2D eigenvalue weighted by Gasteiger charge is 2.21. The minimum Gasteiger partial charge on any atom is -0.207 e. The molecule has 0 atom stereocenters. The highest BCUT2D eigenvalue weighted by atomic mass is 79.9. The number of hydrogen-bond acceptors (Lipinski definition) is 2. The Bertz CT molecular complexity index is 750. The minimum atomic E-state index is -3.72. The van der Waals surface area contributed by atoms with E-state index in [4.69, 9.17) is 11.6 Å². The maximum absolute atomic E-state index is 13.1. The maximum atomic E-state index is 13.1. The molecule has 0 aliphatic heterocycles. The zero-order valence-electron chi connectivity index (χ0n) is 11.1. The molecule has 0 aliphatic carbocycles. The van der Waals surface area contributed by atoms with Crippen LogP contribution in [0.15, 0.2) is 51.8 Å². The Morgan fingerprint density at radius 1 is 1.19 bits per heavy atom. The molecule has 0 fully saturated rings. The van der Waals surface area contributed by atoms with Gasteiger partial charge in [-0.2, -0.15) is 4.31 Å². The zero-order chi connectivity index (χ0) is 15.6. The van der Waals surface area contributed by atoms with Gasteiger partial charge in [-0.1, -0.05) is 39.7 Å². The normalized spacial score (nSPS) is 11.9. The van der Waals surface area contributed by atoms with Crippen LogP contribution in [0.2, 0.25) is 5.02 Å². The SMILES string of the molecule is CN(Cc1ccc(Br)cc1)S(=O)(=O)c1ccc(F)c(Cl)c1. The lowest BCUT2D eigenvalue weighted by atomic mass is 10.2. The molecular formula is C14H12BrClFNO2S. The molecule has 0 N–H and O–H groups in total. The van der Waals surface area contributed by atoms with E-state index in [1.54, 1.807) is 0 Å². The first kappa shape index (κ1) is 16.4. The number of rotatable bonds is 4. The first-order valence-electron chi connectivity index (χ1n) is 5.96. The topological polar surface area (TPSA) is 37.4 Å². The van der Waals surface area contributed by atoms with Gasteiger partial charge in [0.15, 0.2) is 0 Å². The smallest absolute Gasteiger partial charge is 0.207 e. The molecule has 2 aromatic rings. The fourth-order valence-electron chi connectivity index (χ4n) is 1.75. The molecule has 112 valence electrons. The second-order valence-corrected chi connectivity index (χ2v) is 7.83. The van der Waals surface area contributed by atoms with Crippen molar-refractivity contribution in [2.45, 2.75) is 11.4 Å². The van der Waals surface area contributed by atoms with Crippen molar-refractivity contribution >= 4 is 37.6 Å². The van der Waals surface area contributed by atoms with E-state index in [9.17, 15) is 12.8 Å². The van der Waals surface area contributed by atoms with E-state index in [-0.39, 0.29) is 16.5 Å². The molecule has 0 unspecified atom stereocenters. The van der Waals surface area contributed by atoms with Crippen LogP contribution in [-0.4, -0.2) is 19.8 Å². The third-order valence-electron chi connectivity index (χ3n) is 2.92. The molecule has 0 aliphatic rings. The summed E-state index contributed by atoms with van der Waals surface area (Å²) in [5.74, 6) is -0.647. The van der Waals surface area contributed by atoms with Crippen LogP contribution in [0.4, 0.5) is 4.39 Å². The van der Waals surface area contributed by atoms with Crippen LogP contribution in [0.5, 0.6) is 0 Å². The Morgan fingerprint density at radius 2 is 1.81 bits per heavy atom. The van der Waals surface area contributed by atoms with Gasteiger partial charge in [0, 0.05) is 18.1 Å². The molecule has 3 nitrogen and oxygen atoms in total. The number of benzene rings is 2. The molecular weight excluding hydrogens is 381 g/mol. The summed E-state index contributed by atoms with van der Waals surface area (Å²) in [5, 5.41) is -0.215. The monoisotopic (exact) mass is 391 g/mol. The van der Waals surface area contributed by atoms with Gasteiger partial charge in [0.2, 0.25) is 10.0 Å². The molecule has 7 heteroatoms. The molecule has 0 amide bonds. The molecule has 0 spiro atoms. The van der Waals surface area contributed by atoms with Crippen molar-refractivity contribution in [3.63, 3.8) is 0 Å². The molecule has 21 heavy (non-hydrogen) atoms. The van der Waals surface area contributed by atoms with Crippen LogP contribution in [-0.2, 0) is 16.6 Å². The summed E-state index contributed by atoms with van der Waals surface area (Å²) in [6, 6.07) is 10.7. The molecule has 0 bridgehead atoms. The van der Waals surface area contributed by atoms with E-state index >= 15 is 0 Å². The van der Waals surface area contributed by atoms with Crippen molar-refractivity contribution in [3.05, 3.63) is 63.3 Å². The van der Waals surface area contributed by atoms with Crippen LogP contribution in [0.3, 0.4) is 0 Å². The summed E-state index contributed by atoms with van der Waals surface area (Å²) in [6.07, 6.45) is 0. The lowest BCUT2D eigenvalue weighted by Crippen LogP contribution is -2.26.